The summed E-state index contributed by atoms with van der Waals surface area (Å²) in [6.45, 7) is 2.70. The van der Waals surface area contributed by atoms with Crippen molar-refractivity contribution < 1.29 is 29.7 Å². The molecular formula is C25H53NO5. The molecule has 0 aliphatic carbocycles. The van der Waals surface area contributed by atoms with Gasteiger partial charge in [0.25, 0.3) is 0 Å². The van der Waals surface area contributed by atoms with E-state index in [-0.39, 0.29) is 6.42 Å². The van der Waals surface area contributed by atoms with Gasteiger partial charge in [-0.3, -0.25) is 0 Å². The number of quaternary nitrogens is 1. The average Bonchev–Trinajstić information content (AvgIpc) is 2.63. The summed E-state index contributed by atoms with van der Waals surface area (Å²) in [5.41, 5.74) is 0. The molecule has 0 rings (SSSR count). The topological polar surface area (TPSA) is 101 Å². The van der Waals surface area contributed by atoms with Gasteiger partial charge in [0.15, 0.2) is 6.29 Å². The van der Waals surface area contributed by atoms with Gasteiger partial charge in [-0.05, 0) is 12.8 Å². The number of hydrogen-bond donors (Lipinski definition) is 3. The molecule has 0 saturated heterocycles. The van der Waals surface area contributed by atoms with Crippen LogP contribution in [-0.2, 0) is 4.79 Å². The lowest BCUT2D eigenvalue weighted by Crippen LogP contribution is -2.43. The molecule has 6 nitrogen and oxygen atoms in total. The molecule has 0 spiro atoms. The third kappa shape index (κ3) is 34.1. The van der Waals surface area contributed by atoms with Gasteiger partial charge in [-0.15, -0.1) is 0 Å². The minimum absolute atomic E-state index is 0.282. The minimum atomic E-state index is -1.20. The van der Waals surface area contributed by atoms with Crippen molar-refractivity contribution in [1.82, 2.24) is 0 Å². The largest absolute Gasteiger partial charge is 0.550 e. The zero-order valence-corrected chi connectivity index (χ0v) is 21.0. The average molecular weight is 448 g/mol. The summed E-state index contributed by atoms with van der Waals surface area (Å²) in [6, 6.07) is 0. The summed E-state index contributed by atoms with van der Waals surface area (Å²) in [7, 11) is 5.66. The number of likely N-dealkylation sites (N-methyl/N-ethyl adjacent to an activating group) is 1. The van der Waals surface area contributed by atoms with Crippen molar-refractivity contribution in [2.45, 2.75) is 128 Å². The van der Waals surface area contributed by atoms with Crippen LogP contribution in [0.5, 0.6) is 0 Å². The third-order valence-corrected chi connectivity index (χ3v) is 5.23. The number of nitrogens with zero attached hydrogens (tertiary/aromatic N) is 1. The van der Waals surface area contributed by atoms with E-state index in [1.54, 1.807) is 0 Å². The second kappa shape index (κ2) is 22.5. The van der Waals surface area contributed by atoms with Crippen molar-refractivity contribution in [3.05, 3.63) is 0 Å². The molecule has 0 heterocycles. The molecule has 0 aromatic carbocycles. The Labute approximate surface area is 192 Å². The molecule has 0 saturated carbocycles. The van der Waals surface area contributed by atoms with Crippen LogP contribution in [0.2, 0.25) is 0 Å². The fraction of sp³-hybridized carbons (Fsp3) is 0.960. The van der Waals surface area contributed by atoms with E-state index in [1.165, 1.54) is 83.5 Å². The summed E-state index contributed by atoms with van der Waals surface area (Å²) in [5.74, 6) is -1.20. The molecule has 188 valence electrons. The van der Waals surface area contributed by atoms with Crippen LogP contribution >= 0.6 is 0 Å². The Morgan fingerprint density at radius 1 is 0.710 bits per heavy atom. The number of carbonyl (C=O) groups is 1. The highest BCUT2D eigenvalue weighted by atomic mass is 16.5. The second-order valence-corrected chi connectivity index (χ2v) is 9.92. The quantitative estimate of drug-likeness (QED) is 0.150. The predicted molar refractivity (Wildman–Crippen MR) is 126 cm³/mol. The second-order valence-electron chi connectivity index (χ2n) is 9.92. The van der Waals surface area contributed by atoms with Gasteiger partial charge in [0.2, 0.25) is 0 Å². The maximum Gasteiger partial charge on any atom is 0.151 e. The fourth-order valence-corrected chi connectivity index (χ4v) is 3.59. The van der Waals surface area contributed by atoms with Crippen molar-refractivity contribution in [2.24, 2.45) is 0 Å². The number of aliphatic hydroxyl groups excluding tert-OH is 2. The molecule has 0 bridgehead atoms. The maximum absolute atomic E-state index is 10.0. The smallest absolute Gasteiger partial charge is 0.151 e. The van der Waals surface area contributed by atoms with E-state index in [0.29, 0.717) is 17.4 Å². The van der Waals surface area contributed by atoms with Crippen LogP contribution in [0, 0.1) is 0 Å². The van der Waals surface area contributed by atoms with E-state index in [1.807, 2.05) is 21.1 Å². The van der Waals surface area contributed by atoms with Crippen molar-refractivity contribution in [2.75, 3.05) is 27.7 Å². The predicted octanol–water partition coefficient (Wildman–Crippen LogP) is 3.75. The number of carboxylic acid groups (broad SMARTS) is 1. The molecule has 31 heavy (non-hydrogen) atoms. The Hall–Kier alpha value is -0.690. The van der Waals surface area contributed by atoms with Gasteiger partial charge in [-0.2, -0.15) is 0 Å². The molecule has 0 aromatic rings. The zero-order chi connectivity index (χ0) is 24.0. The number of aliphatic hydroxyl groups is 3. The molecule has 0 aliphatic heterocycles. The lowest BCUT2D eigenvalue weighted by molar-refractivity contribution is -0.873. The number of rotatable bonds is 20. The van der Waals surface area contributed by atoms with Crippen LogP contribution in [0.15, 0.2) is 0 Å². The van der Waals surface area contributed by atoms with Crippen LogP contribution in [0.1, 0.15) is 116 Å². The SMILES string of the molecule is CCCCCCCCCCCCCCCCCC(O)O.C[N+](C)(C)CC(O)CC(=O)[O-]. The first-order valence-electron chi connectivity index (χ1n) is 12.6. The Balaban J connectivity index is 0. The van der Waals surface area contributed by atoms with E-state index >= 15 is 0 Å². The van der Waals surface area contributed by atoms with Gasteiger partial charge in [-0.1, -0.05) is 96.8 Å². The van der Waals surface area contributed by atoms with Crippen LogP contribution in [0.25, 0.3) is 0 Å². The van der Waals surface area contributed by atoms with Gasteiger partial charge < -0.3 is 29.7 Å². The molecule has 3 N–H and O–H groups in total. The van der Waals surface area contributed by atoms with E-state index in [0.717, 1.165) is 12.8 Å². The van der Waals surface area contributed by atoms with Crippen LogP contribution in [0.3, 0.4) is 0 Å². The van der Waals surface area contributed by atoms with Gasteiger partial charge in [0, 0.05) is 12.4 Å². The molecular weight excluding hydrogens is 394 g/mol. The van der Waals surface area contributed by atoms with Gasteiger partial charge in [-0.25, -0.2) is 0 Å². The molecule has 0 aromatic heterocycles. The highest BCUT2D eigenvalue weighted by Gasteiger charge is 2.14. The molecule has 0 fully saturated rings. The first-order chi connectivity index (χ1) is 14.6. The standard InChI is InChI=1S/C18H38O2.C7H15NO3/c1-2-3-4-5-6-7-8-9-10-11-12-13-14-15-16-17-18(19)20;1-8(2,3)5-6(9)4-7(10)11/h18-20H,2-17H2,1H3;6,9H,4-5H2,1-3H3. The molecule has 0 aliphatic rings. The Bertz CT molecular complexity index is 383. The minimum Gasteiger partial charge on any atom is -0.550 e. The fourth-order valence-electron chi connectivity index (χ4n) is 3.59. The molecule has 1 atom stereocenters. The van der Waals surface area contributed by atoms with E-state index < -0.39 is 18.4 Å². The summed E-state index contributed by atoms with van der Waals surface area (Å²) in [5, 5.41) is 36.6. The molecule has 6 heteroatoms. The number of aliphatic carboxylic acids is 1. The van der Waals surface area contributed by atoms with Crippen LogP contribution < -0.4 is 5.11 Å². The molecule has 1 unspecified atom stereocenters. The number of carbonyl (C=O) groups excluding carboxylic acids is 1. The van der Waals surface area contributed by atoms with Gasteiger partial charge in [0.05, 0.1) is 21.1 Å². The maximum atomic E-state index is 10.0. The van der Waals surface area contributed by atoms with E-state index in [4.69, 9.17) is 15.3 Å². The highest BCUT2D eigenvalue weighted by Crippen LogP contribution is 2.13. The monoisotopic (exact) mass is 447 g/mol. The lowest BCUT2D eigenvalue weighted by Gasteiger charge is -2.26. The Morgan fingerprint density at radius 2 is 1.06 bits per heavy atom. The summed E-state index contributed by atoms with van der Waals surface area (Å²) in [4.78, 5) is 10.0. The van der Waals surface area contributed by atoms with Crippen molar-refractivity contribution in [1.29, 1.82) is 0 Å². The molecule has 0 amide bonds. The Kier molecular flexibility index (Phi) is 23.6. The first-order valence-corrected chi connectivity index (χ1v) is 12.6. The van der Waals surface area contributed by atoms with Gasteiger partial charge in [0.1, 0.15) is 12.6 Å². The van der Waals surface area contributed by atoms with Gasteiger partial charge >= 0.3 is 0 Å². The molecule has 0 radical (unpaired) electrons. The van der Waals surface area contributed by atoms with Crippen LogP contribution in [-0.4, -0.2) is 65.9 Å². The van der Waals surface area contributed by atoms with E-state index in [9.17, 15) is 9.90 Å². The number of unbranched alkanes of at least 4 members (excludes halogenated alkanes) is 14. The first kappa shape index (κ1) is 32.5. The van der Waals surface area contributed by atoms with Crippen molar-refractivity contribution in [3.8, 4) is 0 Å². The van der Waals surface area contributed by atoms with Crippen LogP contribution in [0.4, 0.5) is 0 Å². The summed E-state index contributed by atoms with van der Waals surface area (Å²) in [6.07, 6.45) is 18.5. The zero-order valence-electron chi connectivity index (χ0n) is 21.0. The van der Waals surface area contributed by atoms with Crippen molar-refractivity contribution >= 4 is 5.97 Å². The number of hydrogen-bond acceptors (Lipinski definition) is 5. The summed E-state index contributed by atoms with van der Waals surface area (Å²) < 4.78 is 0.550. The summed E-state index contributed by atoms with van der Waals surface area (Å²) >= 11 is 0. The highest BCUT2D eigenvalue weighted by molar-refractivity contribution is 5.64. The number of carboxylic acids is 1. The Morgan fingerprint density at radius 3 is 1.35 bits per heavy atom. The normalized spacial score (nSPS) is 12.5. The lowest BCUT2D eigenvalue weighted by atomic mass is 10.0. The van der Waals surface area contributed by atoms with E-state index in [2.05, 4.69) is 6.92 Å². The van der Waals surface area contributed by atoms with Crippen molar-refractivity contribution in [3.63, 3.8) is 0 Å². The third-order valence-electron chi connectivity index (χ3n) is 5.23.